The first kappa shape index (κ1) is 20.5. The van der Waals surface area contributed by atoms with Gasteiger partial charge < -0.3 is 10.0 Å². The first-order chi connectivity index (χ1) is 13.2. The monoisotopic (exact) mass is 402 g/mol. The number of hydrogen-bond donors (Lipinski definition) is 1. The van der Waals surface area contributed by atoms with Gasteiger partial charge in [0, 0.05) is 38.7 Å². The molecular formula is C21H26N2O4S. The summed E-state index contributed by atoms with van der Waals surface area (Å²) in [5, 5.41) is 10.2. The molecule has 0 aliphatic carbocycles. The third-order valence-corrected chi connectivity index (χ3v) is 7.22. The van der Waals surface area contributed by atoms with Crippen LogP contribution in [0.25, 0.3) is 11.1 Å². The molecule has 28 heavy (non-hydrogen) atoms. The van der Waals surface area contributed by atoms with Gasteiger partial charge in [0.1, 0.15) is 0 Å². The zero-order valence-corrected chi connectivity index (χ0v) is 17.2. The van der Waals surface area contributed by atoms with Crippen LogP contribution in [0, 0.1) is 12.8 Å². The highest BCUT2D eigenvalue weighted by Crippen LogP contribution is 2.25. The fraction of sp³-hybridized carbons (Fsp3) is 0.381. The molecule has 0 bridgehead atoms. The van der Waals surface area contributed by atoms with E-state index in [-0.39, 0.29) is 24.7 Å². The molecule has 1 N–H and O–H groups in total. The van der Waals surface area contributed by atoms with E-state index < -0.39 is 22.0 Å². The van der Waals surface area contributed by atoms with Crippen LogP contribution in [-0.4, -0.2) is 67.7 Å². The number of rotatable bonds is 5. The van der Waals surface area contributed by atoms with E-state index in [0.29, 0.717) is 5.56 Å². The zero-order valence-electron chi connectivity index (χ0n) is 16.4. The van der Waals surface area contributed by atoms with E-state index in [1.54, 1.807) is 12.1 Å². The van der Waals surface area contributed by atoms with Crippen LogP contribution in [0.1, 0.15) is 15.9 Å². The highest BCUT2D eigenvalue weighted by molar-refractivity contribution is 7.89. The van der Waals surface area contributed by atoms with Crippen molar-refractivity contribution in [2.24, 2.45) is 5.92 Å². The normalized spacial score (nSPS) is 20.0. The second kappa shape index (κ2) is 8.03. The molecule has 0 aromatic heterocycles. The number of β-amino-alcohol motifs (C(OH)–C–C–N with tert-alkyl or cyclic N) is 1. The van der Waals surface area contributed by atoms with Gasteiger partial charge >= 0.3 is 0 Å². The number of benzene rings is 2. The van der Waals surface area contributed by atoms with Crippen LogP contribution in [0.15, 0.2) is 48.5 Å². The second-order valence-corrected chi connectivity index (χ2v) is 9.72. The van der Waals surface area contributed by atoms with E-state index in [4.69, 9.17) is 0 Å². The summed E-state index contributed by atoms with van der Waals surface area (Å²) in [4.78, 5) is 14.3. The molecule has 6 nitrogen and oxygen atoms in total. The van der Waals surface area contributed by atoms with Crippen LogP contribution in [-0.2, 0) is 10.0 Å². The lowest BCUT2D eigenvalue weighted by atomic mass is 9.99. The molecule has 1 aliphatic rings. The van der Waals surface area contributed by atoms with Crippen LogP contribution in [0.3, 0.4) is 0 Å². The molecule has 0 unspecified atom stereocenters. The lowest BCUT2D eigenvalue weighted by molar-refractivity contribution is 0.0765. The molecule has 0 saturated carbocycles. The molecule has 1 saturated heterocycles. The highest BCUT2D eigenvalue weighted by atomic mass is 32.2. The van der Waals surface area contributed by atoms with Crippen LogP contribution in [0.4, 0.5) is 0 Å². The van der Waals surface area contributed by atoms with Gasteiger partial charge in [-0.15, -0.1) is 0 Å². The van der Waals surface area contributed by atoms with Gasteiger partial charge in [-0.25, -0.2) is 12.7 Å². The minimum absolute atomic E-state index is 0.145. The molecule has 2 aromatic carbocycles. The fourth-order valence-corrected chi connectivity index (χ4v) is 4.64. The van der Waals surface area contributed by atoms with Crippen molar-refractivity contribution in [2.45, 2.75) is 13.0 Å². The van der Waals surface area contributed by atoms with E-state index in [1.165, 1.54) is 19.0 Å². The number of amides is 1. The summed E-state index contributed by atoms with van der Waals surface area (Å²) in [6.45, 7) is 2.42. The van der Waals surface area contributed by atoms with Crippen LogP contribution in [0.2, 0.25) is 0 Å². The number of likely N-dealkylation sites (tertiary alicyclic amines) is 1. The Morgan fingerprint density at radius 1 is 1.11 bits per heavy atom. The van der Waals surface area contributed by atoms with Crippen molar-refractivity contribution < 1.29 is 18.3 Å². The van der Waals surface area contributed by atoms with Crippen LogP contribution >= 0.6 is 0 Å². The van der Waals surface area contributed by atoms with E-state index >= 15 is 0 Å². The van der Waals surface area contributed by atoms with Crippen molar-refractivity contribution in [2.75, 3.05) is 32.9 Å². The molecular weight excluding hydrogens is 376 g/mol. The number of aliphatic hydroxyl groups excluding tert-OH is 1. The maximum absolute atomic E-state index is 12.8. The predicted molar refractivity (Wildman–Crippen MR) is 109 cm³/mol. The van der Waals surface area contributed by atoms with Gasteiger partial charge in [0.25, 0.3) is 5.91 Å². The Balaban J connectivity index is 1.72. The summed E-state index contributed by atoms with van der Waals surface area (Å²) < 4.78 is 25.3. The lowest BCUT2D eigenvalue weighted by Gasteiger charge is -2.18. The molecule has 7 heteroatoms. The number of aryl methyl sites for hydroxylation is 1. The summed E-state index contributed by atoms with van der Waals surface area (Å²) in [7, 11) is -0.498. The summed E-state index contributed by atoms with van der Waals surface area (Å²) in [6, 6.07) is 15.4. The number of carbonyl (C=O) groups excluding carboxylic acids is 1. The van der Waals surface area contributed by atoms with Crippen molar-refractivity contribution in [3.8, 4) is 11.1 Å². The quantitative estimate of drug-likeness (QED) is 0.830. The van der Waals surface area contributed by atoms with Gasteiger partial charge in [-0.2, -0.15) is 0 Å². The predicted octanol–water partition coefficient (Wildman–Crippen LogP) is 1.99. The van der Waals surface area contributed by atoms with Gasteiger partial charge in [-0.05, 0) is 35.7 Å². The molecule has 3 rings (SSSR count). The maximum Gasteiger partial charge on any atom is 0.253 e. The van der Waals surface area contributed by atoms with Gasteiger partial charge in [0.15, 0.2) is 0 Å². The Bertz CT molecular complexity index is 955. The fourth-order valence-electron chi connectivity index (χ4n) is 3.48. The first-order valence-electron chi connectivity index (χ1n) is 9.22. The molecule has 0 radical (unpaired) electrons. The summed E-state index contributed by atoms with van der Waals surface area (Å²) >= 11 is 0. The summed E-state index contributed by atoms with van der Waals surface area (Å²) in [6.07, 6.45) is -0.843. The molecule has 2 atom stereocenters. The van der Waals surface area contributed by atoms with E-state index in [1.807, 2.05) is 43.3 Å². The van der Waals surface area contributed by atoms with Crippen molar-refractivity contribution >= 4 is 15.9 Å². The Kier molecular flexibility index (Phi) is 5.88. The largest absolute Gasteiger partial charge is 0.391 e. The number of sulfonamides is 1. The minimum Gasteiger partial charge on any atom is -0.391 e. The smallest absolute Gasteiger partial charge is 0.253 e. The minimum atomic E-state index is -3.43. The SMILES string of the molecule is Cc1ccccc1-c1ccc(C(=O)N2C[C@@H](CS(=O)(=O)N(C)C)[C@@H](O)C2)cc1. The third-order valence-electron chi connectivity index (χ3n) is 5.26. The molecule has 1 heterocycles. The Morgan fingerprint density at radius 2 is 1.75 bits per heavy atom. The molecule has 150 valence electrons. The average Bonchev–Trinajstić information content (AvgIpc) is 3.01. The topological polar surface area (TPSA) is 77.9 Å². The van der Waals surface area contributed by atoms with E-state index in [0.717, 1.165) is 21.0 Å². The van der Waals surface area contributed by atoms with Crippen molar-refractivity contribution in [3.05, 3.63) is 59.7 Å². The molecule has 0 spiro atoms. The number of nitrogens with zero attached hydrogens (tertiary/aromatic N) is 2. The Labute approximate surface area is 166 Å². The number of carbonyl (C=O) groups is 1. The van der Waals surface area contributed by atoms with E-state index in [9.17, 15) is 18.3 Å². The van der Waals surface area contributed by atoms with Gasteiger partial charge in [-0.1, -0.05) is 36.4 Å². The van der Waals surface area contributed by atoms with Gasteiger partial charge in [0.2, 0.25) is 10.0 Å². The molecule has 2 aromatic rings. The van der Waals surface area contributed by atoms with Crippen LogP contribution < -0.4 is 0 Å². The Hall–Kier alpha value is -2.22. The first-order valence-corrected chi connectivity index (χ1v) is 10.8. The van der Waals surface area contributed by atoms with Crippen LogP contribution in [0.5, 0.6) is 0 Å². The summed E-state index contributed by atoms with van der Waals surface area (Å²) in [5.74, 6) is -0.848. The summed E-state index contributed by atoms with van der Waals surface area (Å²) in [5.41, 5.74) is 3.84. The second-order valence-electron chi connectivity index (χ2n) is 7.49. The zero-order chi connectivity index (χ0) is 20.5. The highest BCUT2D eigenvalue weighted by Gasteiger charge is 2.37. The number of aliphatic hydroxyl groups is 1. The molecule has 1 aliphatic heterocycles. The maximum atomic E-state index is 12.8. The van der Waals surface area contributed by atoms with Gasteiger partial charge in [-0.3, -0.25) is 4.79 Å². The van der Waals surface area contributed by atoms with E-state index in [2.05, 4.69) is 0 Å². The van der Waals surface area contributed by atoms with Crippen molar-refractivity contribution in [1.82, 2.24) is 9.21 Å². The lowest BCUT2D eigenvalue weighted by Crippen LogP contribution is -2.33. The molecule has 1 fully saturated rings. The van der Waals surface area contributed by atoms with Crippen molar-refractivity contribution in [3.63, 3.8) is 0 Å². The third kappa shape index (κ3) is 4.27. The standard InChI is InChI=1S/C21H26N2O4S/c1-15-6-4-5-7-19(15)16-8-10-17(11-9-16)21(25)23-12-18(20(24)13-23)14-28(26,27)22(2)3/h4-11,18,20,24H,12-14H2,1-3H3/t18-,20-/m0/s1. The number of hydrogen-bond acceptors (Lipinski definition) is 4. The Morgan fingerprint density at radius 3 is 2.36 bits per heavy atom. The average molecular weight is 403 g/mol. The molecule has 1 amide bonds. The van der Waals surface area contributed by atoms with Gasteiger partial charge in [0.05, 0.1) is 11.9 Å². The van der Waals surface area contributed by atoms with Crippen molar-refractivity contribution in [1.29, 1.82) is 0 Å².